The van der Waals surface area contributed by atoms with Crippen LogP contribution < -0.4 is 15.5 Å². The van der Waals surface area contributed by atoms with Gasteiger partial charge in [0.2, 0.25) is 0 Å². The minimum atomic E-state index is -5.04. The Bertz CT molecular complexity index is 1970. The number of aryl methyl sites for hydroxylation is 1. The molecular formula is C34H31F4N7O4S. The quantitative estimate of drug-likeness (QED) is 0.202. The van der Waals surface area contributed by atoms with Crippen molar-refractivity contribution in [2.45, 2.75) is 57.2 Å². The van der Waals surface area contributed by atoms with E-state index in [1.54, 1.807) is 24.0 Å². The Balaban J connectivity index is 0.988. The zero-order valence-corrected chi connectivity index (χ0v) is 27.3. The van der Waals surface area contributed by atoms with Gasteiger partial charge < -0.3 is 19.1 Å². The van der Waals surface area contributed by atoms with Crippen molar-refractivity contribution in [3.63, 3.8) is 0 Å². The number of aromatic nitrogens is 3. The molecule has 260 valence electrons. The molecule has 6 heterocycles. The molecule has 4 aromatic rings. The number of thiazole rings is 1. The first-order valence-electron chi connectivity index (χ1n) is 16.2. The number of ether oxygens (including phenoxy) is 1. The van der Waals surface area contributed by atoms with Crippen molar-refractivity contribution in [2.75, 3.05) is 29.9 Å². The number of halogens is 4. The lowest BCUT2D eigenvalue weighted by Crippen LogP contribution is -2.67. The number of benzene rings is 2. The fourth-order valence-corrected chi connectivity index (χ4v) is 8.03. The van der Waals surface area contributed by atoms with Crippen LogP contribution >= 0.6 is 11.3 Å². The molecule has 0 aliphatic carbocycles. The predicted octanol–water partition coefficient (Wildman–Crippen LogP) is 5.05. The first kappa shape index (κ1) is 32.4. The number of hydrogen-bond donors (Lipinski definition) is 2. The highest BCUT2D eigenvalue weighted by Crippen LogP contribution is 2.43. The average molecular weight is 710 g/mol. The van der Waals surface area contributed by atoms with Gasteiger partial charge in [0.1, 0.15) is 5.82 Å². The molecule has 2 atom stereocenters. The lowest BCUT2D eigenvalue weighted by molar-refractivity contribution is -0.223. The summed E-state index contributed by atoms with van der Waals surface area (Å²) in [7, 11) is 0. The van der Waals surface area contributed by atoms with Crippen molar-refractivity contribution < 1.29 is 36.7 Å². The molecule has 0 radical (unpaired) electrons. The number of esters is 1. The Morgan fingerprint density at radius 3 is 2.54 bits per heavy atom. The van der Waals surface area contributed by atoms with Crippen LogP contribution in [0.2, 0.25) is 0 Å². The monoisotopic (exact) mass is 709 g/mol. The van der Waals surface area contributed by atoms with Crippen molar-refractivity contribution in [2.24, 2.45) is 5.41 Å². The van der Waals surface area contributed by atoms with Crippen LogP contribution in [0.5, 0.6) is 0 Å². The first-order chi connectivity index (χ1) is 24.0. The fourth-order valence-electron chi connectivity index (χ4n) is 7.49. The molecule has 2 aromatic carbocycles. The van der Waals surface area contributed by atoms with Crippen LogP contribution in [0, 0.1) is 11.2 Å². The highest BCUT2D eigenvalue weighted by Gasteiger charge is 2.53. The molecule has 4 aliphatic rings. The Labute approximate surface area is 287 Å². The SMILES string of the molecule is O=C(Nc1nccs1)C(c1ncn2c1CCC2)N1Cc2c(F)cc(-c3ccc(N4CCC5(CC4)CNC5OC(=O)C(F)(F)F)cc3)cc2C1=O. The summed E-state index contributed by atoms with van der Waals surface area (Å²) in [5.74, 6) is -3.69. The number of imidazole rings is 1. The molecule has 2 saturated heterocycles. The van der Waals surface area contributed by atoms with Gasteiger partial charge in [-0.15, -0.1) is 11.3 Å². The normalized spacial score (nSPS) is 20.0. The lowest BCUT2D eigenvalue weighted by atomic mass is 9.71. The van der Waals surface area contributed by atoms with E-state index in [1.165, 1.54) is 22.3 Å². The molecule has 4 aliphatic heterocycles. The smallest absolute Gasteiger partial charge is 0.439 e. The summed E-state index contributed by atoms with van der Waals surface area (Å²) in [6.45, 7) is 2.25. The van der Waals surface area contributed by atoms with Gasteiger partial charge in [-0.2, -0.15) is 13.2 Å². The number of piperidine rings is 1. The van der Waals surface area contributed by atoms with Crippen LogP contribution in [-0.2, 0) is 33.8 Å². The Kier molecular flexibility index (Phi) is 7.90. The van der Waals surface area contributed by atoms with Crippen molar-refractivity contribution in [1.29, 1.82) is 0 Å². The fraction of sp³-hybridized carbons (Fsp3) is 0.382. The number of rotatable bonds is 7. The number of alkyl halides is 3. The van der Waals surface area contributed by atoms with Crippen LogP contribution in [0.3, 0.4) is 0 Å². The summed E-state index contributed by atoms with van der Waals surface area (Å²) < 4.78 is 60.6. The summed E-state index contributed by atoms with van der Waals surface area (Å²) in [6, 6.07) is 9.38. The van der Waals surface area contributed by atoms with E-state index in [4.69, 9.17) is 4.74 Å². The van der Waals surface area contributed by atoms with E-state index in [0.29, 0.717) is 60.8 Å². The molecule has 2 unspecified atom stereocenters. The summed E-state index contributed by atoms with van der Waals surface area (Å²) in [5, 5.41) is 7.72. The van der Waals surface area contributed by atoms with Crippen LogP contribution in [0.25, 0.3) is 11.1 Å². The molecule has 16 heteroatoms. The van der Waals surface area contributed by atoms with Crippen LogP contribution in [0.4, 0.5) is 28.4 Å². The third kappa shape index (κ3) is 5.59. The topological polar surface area (TPSA) is 122 Å². The van der Waals surface area contributed by atoms with E-state index in [0.717, 1.165) is 24.3 Å². The Hall–Kier alpha value is -4.83. The third-order valence-electron chi connectivity index (χ3n) is 10.3. The van der Waals surface area contributed by atoms with Crippen molar-refractivity contribution in [3.8, 4) is 11.1 Å². The van der Waals surface area contributed by atoms with E-state index in [1.807, 2.05) is 28.8 Å². The molecular weight excluding hydrogens is 678 g/mol. The maximum atomic E-state index is 15.8. The number of nitrogens with one attached hydrogen (secondary N) is 2. The van der Waals surface area contributed by atoms with E-state index in [9.17, 15) is 27.6 Å². The summed E-state index contributed by atoms with van der Waals surface area (Å²) in [4.78, 5) is 51.3. The van der Waals surface area contributed by atoms with Gasteiger partial charge in [0.25, 0.3) is 11.8 Å². The van der Waals surface area contributed by atoms with Crippen LogP contribution in [0.15, 0.2) is 54.3 Å². The minimum absolute atomic E-state index is 0.0935. The highest BCUT2D eigenvalue weighted by atomic mass is 32.1. The molecule has 0 bridgehead atoms. The lowest BCUT2D eigenvalue weighted by Gasteiger charge is -2.53. The zero-order chi connectivity index (χ0) is 34.8. The molecule has 0 saturated carbocycles. The summed E-state index contributed by atoms with van der Waals surface area (Å²) >= 11 is 1.25. The number of carbonyl (C=O) groups excluding carboxylic acids is 3. The van der Waals surface area contributed by atoms with Gasteiger partial charge in [-0.3, -0.25) is 20.2 Å². The number of amides is 2. The van der Waals surface area contributed by atoms with E-state index in [2.05, 4.69) is 25.5 Å². The molecule has 8 rings (SSSR count). The van der Waals surface area contributed by atoms with Crippen molar-refractivity contribution in [1.82, 2.24) is 24.8 Å². The third-order valence-corrected chi connectivity index (χ3v) is 11.0. The van der Waals surface area contributed by atoms with Gasteiger partial charge in [0.15, 0.2) is 17.4 Å². The van der Waals surface area contributed by atoms with E-state index < -0.39 is 47.5 Å². The maximum absolute atomic E-state index is 15.8. The van der Waals surface area contributed by atoms with Gasteiger partial charge in [-0.05, 0) is 61.1 Å². The summed E-state index contributed by atoms with van der Waals surface area (Å²) in [6.07, 6.45) is -0.0837. The summed E-state index contributed by atoms with van der Waals surface area (Å²) in [5.41, 5.74) is 3.28. The minimum Gasteiger partial charge on any atom is -0.439 e. The van der Waals surface area contributed by atoms with Gasteiger partial charge in [0, 0.05) is 65.7 Å². The Morgan fingerprint density at radius 1 is 1.08 bits per heavy atom. The van der Waals surface area contributed by atoms with Gasteiger partial charge >= 0.3 is 12.1 Å². The van der Waals surface area contributed by atoms with Crippen molar-refractivity contribution in [3.05, 3.63) is 82.6 Å². The predicted molar refractivity (Wildman–Crippen MR) is 174 cm³/mol. The number of carbonyl (C=O) groups is 3. The van der Waals surface area contributed by atoms with Gasteiger partial charge in [-0.25, -0.2) is 19.2 Å². The molecule has 2 amide bonds. The number of hydrogen-bond acceptors (Lipinski definition) is 9. The standard InChI is InChI=1S/C34H31F4N7O4S/c35-24-15-20(19-3-5-21(6-4-19)43-11-7-33(8-12-43)17-40-30(33)49-31(48)34(36,37)38)14-22-23(24)16-45(29(22)47)27(28(46)42-32-39-9-13-50-32)26-25-2-1-10-44(25)18-41-26/h3-6,9,13-15,18,27,30,40H,1-2,7-8,10-12,16-17H2,(H,39,42,46). The molecule has 2 aromatic heterocycles. The molecule has 1 spiro atoms. The van der Waals surface area contributed by atoms with E-state index >= 15 is 4.39 Å². The molecule has 2 fully saturated rings. The zero-order valence-electron chi connectivity index (χ0n) is 26.5. The first-order valence-corrected chi connectivity index (χ1v) is 17.1. The highest BCUT2D eigenvalue weighted by molar-refractivity contribution is 7.13. The number of anilines is 2. The maximum Gasteiger partial charge on any atom is 0.490 e. The van der Waals surface area contributed by atoms with Crippen LogP contribution in [0.1, 0.15) is 52.6 Å². The largest absolute Gasteiger partial charge is 0.490 e. The second-order valence-electron chi connectivity index (χ2n) is 13.1. The van der Waals surface area contributed by atoms with Crippen molar-refractivity contribution >= 4 is 39.9 Å². The average Bonchev–Trinajstić information content (AvgIpc) is 3.91. The molecule has 11 nitrogen and oxygen atoms in total. The number of fused-ring (bicyclic) bond motifs is 2. The number of nitrogens with zero attached hydrogens (tertiary/aromatic N) is 5. The van der Waals surface area contributed by atoms with Gasteiger partial charge in [0.05, 0.1) is 18.6 Å². The van der Waals surface area contributed by atoms with E-state index in [-0.39, 0.29) is 17.7 Å². The second-order valence-corrected chi connectivity index (χ2v) is 14.0. The molecule has 2 N–H and O–H groups in total. The Morgan fingerprint density at radius 2 is 1.86 bits per heavy atom. The second kappa shape index (κ2) is 12.2. The van der Waals surface area contributed by atoms with Crippen LogP contribution in [-0.4, -0.2) is 69.3 Å². The van der Waals surface area contributed by atoms with Gasteiger partial charge in [-0.1, -0.05) is 12.1 Å². The molecule has 50 heavy (non-hydrogen) atoms.